The van der Waals surface area contributed by atoms with Gasteiger partial charge in [0, 0.05) is 0 Å². The van der Waals surface area contributed by atoms with Gasteiger partial charge in [-0.1, -0.05) is 0 Å². The molecule has 1 N–H and O–H groups in total. The number of aromatic nitrogens is 2. The van der Waals surface area contributed by atoms with E-state index in [4.69, 9.17) is 0 Å². The third-order valence-electron chi connectivity index (χ3n) is 2.73. The molecule has 1 amide bonds. The number of hydrogen-bond donors (Lipinski definition) is 1. The Morgan fingerprint density at radius 3 is 2.75 bits per heavy atom. The molecule has 1 heterocycles. The maximum atomic E-state index is 13.6. The predicted molar refractivity (Wildman–Crippen MR) is 70.8 cm³/mol. The average Bonchev–Trinajstić information content (AvgIpc) is 2.91. The molecule has 0 radical (unpaired) electrons. The first-order chi connectivity index (χ1) is 9.66. The summed E-state index contributed by atoms with van der Waals surface area (Å²) in [5.74, 6) is -2.94. The molecule has 1 aromatic heterocycles. The number of carbonyl (C=O) groups is 1. The minimum absolute atomic E-state index is 0.229. The molecule has 0 spiro atoms. The van der Waals surface area contributed by atoms with Crippen molar-refractivity contribution in [3.63, 3.8) is 0 Å². The van der Waals surface area contributed by atoms with E-state index in [-0.39, 0.29) is 20.5 Å². The number of hydrogen-bond acceptors (Lipinski definition) is 3. The quantitative estimate of drug-likeness (QED) is 0.729. The molecule has 100 valence electrons. The monoisotopic (exact) mass is 339 g/mol. The van der Waals surface area contributed by atoms with Crippen LogP contribution in [-0.2, 0) is 0 Å². The molecule has 3 aromatic rings. The Bertz CT molecular complexity index is 803. The van der Waals surface area contributed by atoms with Gasteiger partial charge in [0.05, 0.1) is 0 Å². The topological polar surface area (TPSA) is 54.9 Å². The molecule has 2 aromatic carbocycles. The Labute approximate surface area is 118 Å². The molecule has 0 aliphatic carbocycles. The van der Waals surface area contributed by atoms with Crippen molar-refractivity contribution < 1.29 is 13.6 Å². The summed E-state index contributed by atoms with van der Waals surface area (Å²) >= 11 is -0.229. The number of halogens is 2. The van der Waals surface area contributed by atoms with E-state index >= 15 is 0 Å². The number of nitrogens with zero attached hydrogens (tertiary/aromatic N) is 2. The van der Waals surface area contributed by atoms with Crippen molar-refractivity contribution in [1.29, 1.82) is 0 Å². The molecule has 20 heavy (non-hydrogen) atoms. The molecular weight excluding hydrogens is 331 g/mol. The summed E-state index contributed by atoms with van der Waals surface area (Å²) in [7, 11) is 0. The zero-order valence-electron chi connectivity index (χ0n) is 9.93. The van der Waals surface area contributed by atoms with Crippen molar-refractivity contribution in [3.8, 4) is 0 Å². The van der Waals surface area contributed by atoms with Gasteiger partial charge in [0.1, 0.15) is 0 Å². The first-order valence-electron chi connectivity index (χ1n) is 5.63. The zero-order valence-corrected chi connectivity index (χ0v) is 11.6. The van der Waals surface area contributed by atoms with Crippen molar-refractivity contribution in [2.24, 2.45) is 0 Å². The van der Waals surface area contributed by atoms with Crippen LogP contribution in [0.3, 0.4) is 0 Å². The van der Waals surface area contributed by atoms with Gasteiger partial charge in [-0.3, -0.25) is 0 Å². The van der Waals surface area contributed by atoms with Crippen LogP contribution in [0, 0.1) is 11.6 Å². The van der Waals surface area contributed by atoms with Crippen LogP contribution in [0.2, 0.25) is 0 Å². The van der Waals surface area contributed by atoms with E-state index in [1.54, 1.807) is 18.2 Å². The third kappa shape index (κ3) is 2.21. The number of carbonyl (C=O) groups excluding carboxylic acids is 1. The van der Waals surface area contributed by atoms with Gasteiger partial charge in [-0.05, 0) is 0 Å². The molecule has 0 bridgehead atoms. The fourth-order valence-corrected chi connectivity index (χ4v) is 2.93. The number of nitrogens with one attached hydrogen (secondary N) is 1. The number of benzene rings is 2. The first kappa shape index (κ1) is 12.9. The number of fused-ring (bicyclic) bond motifs is 1. The molecule has 0 fully saturated rings. The maximum absolute atomic E-state index is 13.6. The molecule has 3 rings (SSSR count). The van der Waals surface area contributed by atoms with E-state index in [0.29, 0.717) is 16.7 Å². The standard InChI is InChI=1S/C13H7F2N3OSe/c14-8-4-1-3-7(11(8)15)13(19)16-9-5-2-6-10-12(9)18-20-17-10/h1-6H,(H,16,19). The molecule has 0 atom stereocenters. The summed E-state index contributed by atoms with van der Waals surface area (Å²) in [6.07, 6.45) is 0. The molecule has 4 nitrogen and oxygen atoms in total. The normalized spacial score (nSPS) is 10.7. The predicted octanol–water partition coefficient (Wildman–Crippen LogP) is 2.22. The minimum atomic E-state index is -1.16. The van der Waals surface area contributed by atoms with Gasteiger partial charge in [0.15, 0.2) is 0 Å². The van der Waals surface area contributed by atoms with Crippen LogP contribution in [0.4, 0.5) is 14.5 Å². The van der Waals surface area contributed by atoms with Crippen LogP contribution in [0.15, 0.2) is 36.4 Å². The van der Waals surface area contributed by atoms with Gasteiger partial charge in [-0.25, -0.2) is 0 Å². The van der Waals surface area contributed by atoms with Crippen LogP contribution in [0.5, 0.6) is 0 Å². The summed E-state index contributed by atoms with van der Waals surface area (Å²) in [5.41, 5.74) is 1.38. The summed E-state index contributed by atoms with van der Waals surface area (Å²) in [6.45, 7) is 0. The number of amides is 1. The van der Waals surface area contributed by atoms with Gasteiger partial charge in [-0.2, -0.15) is 0 Å². The van der Waals surface area contributed by atoms with Gasteiger partial charge in [-0.15, -0.1) is 0 Å². The molecule has 0 unspecified atom stereocenters. The summed E-state index contributed by atoms with van der Waals surface area (Å²) in [6, 6.07) is 8.62. The first-order valence-corrected chi connectivity index (χ1v) is 7.16. The SMILES string of the molecule is O=C(Nc1cccc2n[se]nc12)c1cccc(F)c1F. The fourth-order valence-electron chi connectivity index (χ4n) is 1.78. The van der Waals surface area contributed by atoms with Gasteiger partial charge < -0.3 is 0 Å². The average molecular weight is 338 g/mol. The number of anilines is 1. The van der Waals surface area contributed by atoms with E-state index in [9.17, 15) is 13.6 Å². The molecule has 7 heteroatoms. The molecule has 0 saturated carbocycles. The van der Waals surface area contributed by atoms with E-state index < -0.39 is 17.5 Å². The van der Waals surface area contributed by atoms with Gasteiger partial charge >= 0.3 is 118 Å². The summed E-state index contributed by atoms with van der Waals surface area (Å²) in [4.78, 5) is 12.0. The summed E-state index contributed by atoms with van der Waals surface area (Å²) in [5, 5.41) is 2.54. The van der Waals surface area contributed by atoms with Crippen LogP contribution in [0.1, 0.15) is 10.4 Å². The van der Waals surface area contributed by atoms with Crippen LogP contribution in [-0.4, -0.2) is 28.8 Å². The Morgan fingerprint density at radius 1 is 1.10 bits per heavy atom. The molecular formula is C13H7F2N3OSe. The van der Waals surface area contributed by atoms with Crippen molar-refractivity contribution in [2.45, 2.75) is 0 Å². The second kappa shape index (κ2) is 5.11. The zero-order chi connectivity index (χ0) is 14.1. The second-order valence-electron chi connectivity index (χ2n) is 3.99. The number of rotatable bonds is 2. The van der Waals surface area contributed by atoms with Gasteiger partial charge in [0.2, 0.25) is 0 Å². The fraction of sp³-hybridized carbons (Fsp3) is 0. The molecule has 0 saturated heterocycles. The second-order valence-corrected chi connectivity index (χ2v) is 5.10. The van der Waals surface area contributed by atoms with Crippen LogP contribution in [0.25, 0.3) is 11.0 Å². The van der Waals surface area contributed by atoms with Crippen molar-refractivity contribution in [2.75, 3.05) is 5.32 Å². The van der Waals surface area contributed by atoms with E-state index in [1.165, 1.54) is 12.1 Å². The van der Waals surface area contributed by atoms with E-state index in [0.717, 1.165) is 6.07 Å². The Balaban J connectivity index is 1.97. The third-order valence-corrected chi connectivity index (χ3v) is 3.87. The van der Waals surface area contributed by atoms with Crippen molar-refractivity contribution in [1.82, 2.24) is 7.96 Å². The van der Waals surface area contributed by atoms with Crippen molar-refractivity contribution >= 4 is 37.6 Å². The van der Waals surface area contributed by atoms with E-state index in [2.05, 4.69) is 13.3 Å². The van der Waals surface area contributed by atoms with Crippen LogP contribution < -0.4 is 5.32 Å². The summed E-state index contributed by atoms with van der Waals surface area (Å²) < 4.78 is 35.0. The van der Waals surface area contributed by atoms with E-state index in [1.807, 2.05) is 0 Å². The van der Waals surface area contributed by atoms with Crippen LogP contribution >= 0.6 is 0 Å². The Hall–Kier alpha value is -2.11. The Kier molecular flexibility index (Phi) is 3.30. The molecule has 0 aliphatic heterocycles. The van der Waals surface area contributed by atoms with Crippen molar-refractivity contribution in [3.05, 3.63) is 53.6 Å². The van der Waals surface area contributed by atoms with Gasteiger partial charge in [0.25, 0.3) is 0 Å². The molecule has 0 aliphatic rings. The Morgan fingerprint density at radius 2 is 1.90 bits per heavy atom.